The molecule has 2 aliphatic heterocycles. The average molecular weight is 243 g/mol. The molecule has 88 valence electrons. The molecule has 0 saturated heterocycles. The largest absolute Gasteiger partial charge is 0.370 e. The van der Waals surface area contributed by atoms with Crippen molar-refractivity contribution < 1.29 is 14.7 Å². The molecule has 0 aromatic carbocycles. The quantitative estimate of drug-likeness (QED) is 0.567. The van der Waals surface area contributed by atoms with Crippen LogP contribution < -0.4 is 11.5 Å². The number of rotatable bonds is 1. The Balaban J connectivity index is 2.13. The number of hydrogen-bond donors (Lipinski definition) is 3. The predicted octanol–water partition coefficient (Wildman–Crippen LogP) is -0.664. The van der Waals surface area contributed by atoms with Crippen molar-refractivity contribution in [1.82, 2.24) is 4.90 Å². The van der Waals surface area contributed by atoms with E-state index in [4.69, 9.17) is 11.5 Å². The van der Waals surface area contributed by atoms with Gasteiger partial charge in [0.1, 0.15) is 0 Å². The molecule has 0 fully saturated rings. The number of thioether (sulfide) groups is 1. The van der Waals surface area contributed by atoms with Gasteiger partial charge in [-0.1, -0.05) is 17.3 Å². The number of aliphatic hydroxyl groups is 1. The summed E-state index contributed by atoms with van der Waals surface area (Å²) < 4.78 is 0. The van der Waals surface area contributed by atoms with Crippen molar-refractivity contribution >= 4 is 23.7 Å². The van der Waals surface area contributed by atoms with Crippen molar-refractivity contribution in [2.24, 2.45) is 11.5 Å². The molecule has 5 N–H and O–H groups in total. The lowest BCUT2D eigenvalue weighted by molar-refractivity contribution is -0.128. The van der Waals surface area contributed by atoms with E-state index < -0.39 is 16.9 Å². The van der Waals surface area contributed by atoms with Gasteiger partial charge in [-0.15, -0.1) is 0 Å². The molecule has 0 aromatic heterocycles. The molecule has 6 nitrogen and oxygen atoms in total. The molecule has 2 aliphatic rings. The van der Waals surface area contributed by atoms with Gasteiger partial charge in [0.05, 0.1) is 6.54 Å². The van der Waals surface area contributed by atoms with Crippen LogP contribution in [0, 0.1) is 0 Å². The van der Waals surface area contributed by atoms with E-state index in [9.17, 15) is 14.7 Å². The Labute approximate surface area is 96.6 Å². The van der Waals surface area contributed by atoms with E-state index in [2.05, 4.69) is 0 Å². The van der Waals surface area contributed by atoms with Crippen molar-refractivity contribution in [3.8, 4) is 0 Å². The maximum absolute atomic E-state index is 11.1. The van der Waals surface area contributed by atoms with E-state index in [-0.39, 0.29) is 6.42 Å². The molecule has 0 radical (unpaired) electrons. The van der Waals surface area contributed by atoms with Crippen LogP contribution in [0.2, 0.25) is 0 Å². The number of hydrogen-bond acceptors (Lipinski definition) is 4. The zero-order valence-electron chi connectivity index (χ0n) is 8.60. The van der Waals surface area contributed by atoms with E-state index in [0.717, 1.165) is 22.2 Å². The zero-order chi connectivity index (χ0) is 11.9. The lowest BCUT2D eigenvalue weighted by atomic mass is 10.0. The third kappa shape index (κ3) is 1.76. The van der Waals surface area contributed by atoms with Gasteiger partial charge in [-0.05, 0) is 6.42 Å². The maximum atomic E-state index is 11.1. The summed E-state index contributed by atoms with van der Waals surface area (Å²) >= 11 is 1.04. The summed E-state index contributed by atoms with van der Waals surface area (Å²) in [6.45, 7) is 0.897. The Morgan fingerprint density at radius 2 is 2.12 bits per heavy atom. The minimum Gasteiger partial charge on any atom is -0.370 e. The molecule has 0 spiro atoms. The predicted molar refractivity (Wildman–Crippen MR) is 59.2 cm³/mol. The molecule has 0 saturated carbocycles. The van der Waals surface area contributed by atoms with Gasteiger partial charge in [-0.3, -0.25) is 4.79 Å². The second-order valence-electron chi connectivity index (χ2n) is 3.96. The van der Waals surface area contributed by atoms with Gasteiger partial charge >= 0.3 is 6.03 Å². The first-order valence-electron chi connectivity index (χ1n) is 4.89. The fourth-order valence-corrected chi connectivity index (χ4v) is 3.21. The first-order valence-corrected chi connectivity index (χ1v) is 5.70. The highest BCUT2D eigenvalue weighted by Crippen LogP contribution is 2.47. The number of nitrogens with two attached hydrogens (primary N) is 2. The van der Waals surface area contributed by atoms with E-state index in [1.54, 1.807) is 0 Å². The SMILES string of the molecule is NC(=O)N1CCC2=C(C1)SC(O)(C(N)=O)C2. The molecule has 1 atom stereocenters. The van der Waals surface area contributed by atoms with E-state index in [1.807, 2.05) is 0 Å². The van der Waals surface area contributed by atoms with E-state index in [1.165, 1.54) is 4.90 Å². The van der Waals surface area contributed by atoms with Gasteiger partial charge < -0.3 is 21.5 Å². The molecule has 0 bridgehead atoms. The highest BCUT2D eigenvalue weighted by atomic mass is 32.2. The van der Waals surface area contributed by atoms with Gasteiger partial charge in [-0.25, -0.2) is 4.79 Å². The highest BCUT2D eigenvalue weighted by molar-refractivity contribution is 8.05. The fourth-order valence-electron chi connectivity index (χ4n) is 1.92. The maximum Gasteiger partial charge on any atom is 0.315 e. The molecule has 7 heteroatoms. The second-order valence-corrected chi connectivity index (χ2v) is 5.34. The van der Waals surface area contributed by atoms with Crippen LogP contribution in [0.3, 0.4) is 0 Å². The first kappa shape index (κ1) is 11.3. The normalized spacial score (nSPS) is 29.2. The number of nitrogens with zero attached hydrogens (tertiary/aromatic N) is 1. The molecule has 3 amide bonds. The molecule has 1 unspecified atom stereocenters. The van der Waals surface area contributed by atoms with Gasteiger partial charge in [0.25, 0.3) is 5.91 Å². The van der Waals surface area contributed by atoms with Crippen molar-refractivity contribution in [2.45, 2.75) is 17.8 Å². The minimum atomic E-state index is -1.54. The monoisotopic (exact) mass is 243 g/mol. The van der Waals surface area contributed by atoms with Crippen molar-refractivity contribution in [3.63, 3.8) is 0 Å². The number of carbonyl (C=O) groups excluding carboxylic acids is 2. The third-order valence-corrected chi connectivity index (χ3v) is 4.20. The Morgan fingerprint density at radius 1 is 1.44 bits per heavy atom. The van der Waals surface area contributed by atoms with Crippen LogP contribution in [0.4, 0.5) is 4.79 Å². The summed E-state index contributed by atoms with van der Waals surface area (Å²) in [4.78, 5) is 22.9. The van der Waals surface area contributed by atoms with Crippen LogP contribution in [0.25, 0.3) is 0 Å². The Hall–Kier alpha value is -1.21. The smallest absolute Gasteiger partial charge is 0.315 e. The summed E-state index contributed by atoms with van der Waals surface area (Å²) in [5.74, 6) is -0.738. The zero-order valence-corrected chi connectivity index (χ0v) is 9.42. The Morgan fingerprint density at radius 3 is 2.69 bits per heavy atom. The molecule has 0 aromatic rings. The van der Waals surface area contributed by atoms with Crippen LogP contribution in [0.15, 0.2) is 10.5 Å². The van der Waals surface area contributed by atoms with Gasteiger partial charge in [0, 0.05) is 17.9 Å². The molecular weight excluding hydrogens is 230 g/mol. The lowest BCUT2D eigenvalue weighted by Crippen LogP contribution is -2.39. The number of primary amides is 2. The van der Waals surface area contributed by atoms with Crippen LogP contribution in [-0.4, -0.2) is 40.0 Å². The van der Waals surface area contributed by atoms with Gasteiger partial charge in [-0.2, -0.15) is 0 Å². The molecular formula is C9H13N3O3S. The Kier molecular flexibility index (Phi) is 2.59. The van der Waals surface area contributed by atoms with Crippen molar-refractivity contribution in [3.05, 3.63) is 10.5 Å². The van der Waals surface area contributed by atoms with Gasteiger partial charge in [0.15, 0.2) is 4.93 Å². The summed E-state index contributed by atoms with van der Waals surface area (Å²) in [5.41, 5.74) is 11.3. The summed E-state index contributed by atoms with van der Waals surface area (Å²) in [6.07, 6.45) is 0.899. The van der Waals surface area contributed by atoms with Gasteiger partial charge in [0.2, 0.25) is 0 Å². The number of amides is 3. The first-order chi connectivity index (χ1) is 7.42. The van der Waals surface area contributed by atoms with E-state index in [0.29, 0.717) is 19.5 Å². The molecule has 0 aliphatic carbocycles. The van der Waals surface area contributed by atoms with Crippen molar-refractivity contribution in [1.29, 1.82) is 0 Å². The summed E-state index contributed by atoms with van der Waals surface area (Å²) in [6, 6.07) is -0.485. The second kappa shape index (κ2) is 3.67. The Bertz CT molecular complexity index is 395. The van der Waals surface area contributed by atoms with Crippen LogP contribution in [-0.2, 0) is 4.79 Å². The van der Waals surface area contributed by atoms with Crippen LogP contribution in [0.1, 0.15) is 12.8 Å². The standard InChI is InChI=1S/C9H13N3O3S/c10-7(13)9(15)3-5-1-2-12(8(11)14)4-6(5)16-9/h15H,1-4H2,(H2,10,13)(H2,11,14). The fraction of sp³-hybridized carbons (Fsp3) is 0.556. The third-order valence-electron chi connectivity index (χ3n) is 2.85. The lowest BCUT2D eigenvalue weighted by Gasteiger charge is -2.25. The van der Waals surface area contributed by atoms with E-state index >= 15 is 0 Å². The summed E-state index contributed by atoms with van der Waals surface area (Å²) in [5, 5.41) is 9.94. The molecule has 2 heterocycles. The topological polar surface area (TPSA) is 110 Å². The molecule has 16 heavy (non-hydrogen) atoms. The minimum absolute atomic E-state index is 0.259. The molecule has 2 rings (SSSR count). The summed E-state index contributed by atoms with van der Waals surface area (Å²) in [7, 11) is 0. The highest BCUT2D eigenvalue weighted by Gasteiger charge is 2.44. The number of carbonyl (C=O) groups is 2. The van der Waals surface area contributed by atoms with Crippen LogP contribution >= 0.6 is 11.8 Å². The number of urea groups is 1. The van der Waals surface area contributed by atoms with Crippen LogP contribution in [0.5, 0.6) is 0 Å². The average Bonchev–Trinajstić information content (AvgIpc) is 2.54. The van der Waals surface area contributed by atoms with Crippen molar-refractivity contribution in [2.75, 3.05) is 13.1 Å².